The molecule has 0 radical (unpaired) electrons. The molecule has 0 fully saturated rings. The Hall–Kier alpha value is -3.91. The van der Waals surface area contributed by atoms with E-state index in [4.69, 9.17) is 9.26 Å². The maximum atomic E-state index is 14.3. The van der Waals surface area contributed by atoms with Gasteiger partial charge in [0.05, 0.1) is 19.3 Å². The number of hydrogen-bond donors (Lipinski definition) is 0. The summed E-state index contributed by atoms with van der Waals surface area (Å²) < 4.78 is 43.7. The highest BCUT2D eigenvalue weighted by Crippen LogP contribution is 2.31. The molecule has 0 aliphatic carbocycles. The first kappa shape index (κ1) is 21.3. The van der Waals surface area contributed by atoms with Gasteiger partial charge >= 0.3 is 5.97 Å². The van der Waals surface area contributed by atoms with Crippen LogP contribution in [-0.4, -0.2) is 30.3 Å². The van der Waals surface area contributed by atoms with Crippen molar-refractivity contribution in [2.24, 2.45) is 0 Å². The molecule has 0 N–H and O–H groups in total. The Morgan fingerprint density at radius 2 is 1.72 bits per heavy atom. The molecule has 162 valence electrons. The number of rotatable bonds is 6. The number of esters is 1. The molecule has 0 atom stereocenters. The smallest absolute Gasteiger partial charge is 0.340 e. The normalized spacial score (nSPS) is 10.9. The van der Waals surface area contributed by atoms with Crippen LogP contribution in [0.2, 0.25) is 0 Å². The summed E-state index contributed by atoms with van der Waals surface area (Å²) in [5, 5.41) is 3.91. The molecule has 1 heterocycles. The van der Waals surface area contributed by atoms with E-state index in [1.54, 1.807) is 43.5 Å². The molecule has 4 aromatic rings. The first-order valence-electron chi connectivity index (χ1n) is 9.61. The minimum absolute atomic E-state index is 0.154. The fourth-order valence-electron chi connectivity index (χ4n) is 3.33. The van der Waals surface area contributed by atoms with Gasteiger partial charge in [-0.25, -0.2) is 13.6 Å². The van der Waals surface area contributed by atoms with Gasteiger partial charge in [0, 0.05) is 23.8 Å². The molecule has 8 heteroatoms. The maximum Gasteiger partial charge on any atom is 0.340 e. The molecule has 3 aromatic carbocycles. The van der Waals surface area contributed by atoms with E-state index in [1.807, 2.05) is 0 Å². The summed E-state index contributed by atoms with van der Waals surface area (Å²) in [6.07, 6.45) is 0. The highest BCUT2D eigenvalue weighted by atomic mass is 19.1. The topological polar surface area (TPSA) is 74.5 Å². The average molecular weight is 436 g/mol. The van der Waals surface area contributed by atoms with E-state index >= 15 is 0 Å². The molecule has 0 saturated carbocycles. The molecule has 4 rings (SSSR count). The third kappa shape index (κ3) is 4.13. The molecule has 6 nitrogen and oxygen atoms in total. The van der Waals surface area contributed by atoms with Crippen molar-refractivity contribution in [3.63, 3.8) is 0 Å². The number of hydrogen-bond acceptors (Lipinski definition) is 6. The summed E-state index contributed by atoms with van der Waals surface area (Å²) in [6.45, 7) is 0.249. The fraction of sp³-hybridized carbons (Fsp3) is 0.125. The second-order valence-electron chi connectivity index (χ2n) is 6.89. The minimum Gasteiger partial charge on any atom is -0.465 e. The number of ether oxygens (including phenoxy) is 2. The number of aromatic nitrogens is 2. The van der Waals surface area contributed by atoms with Gasteiger partial charge in [0.1, 0.15) is 11.6 Å². The molecule has 1 aromatic heterocycles. The van der Waals surface area contributed by atoms with Crippen LogP contribution in [0.25, 0.3) is 34.0 Å². The van der Waals surface area contributed by atoms with Crippen LogP contribution < -0.4 is 0 Å². The first-order valence-corrected chi connectivity index (χ1v) is 9.61. The van der Waals surface area contributed by atoms with E-state index in [0.29, 0.717) is 22.3 Å². The Balaban J connectivity index is 1.69. The molecule has 0 amide bonds. The number of nitrogens with zero attached hydrogens (tertiary/aromatic N) is 2. The highest BCUT2D eigenvalue weighted by molar-refractivity contribution is 5.90. The third-order valence-electron chi connectivity index (χ3n) is 4.87. The van der Waals surface area contributed by atoms with Crippen molar-refractivity contribution in [2.45, 2.75) is 6.61 Å². The van der Waals surface area contributed by atoms with Crippen LogP contribution in [0.4, 0.5) is 8.78 Å². The highest BCUT2D eigenvalue weighted by Gasteiger charge is 2.18. The van der Waals surface area contributed by atoms with Crippen LogP contribution in [-0.2, 0) is 16.1 Å². The number of carbonyl (C=O) groups is 1. The van der Waals surface area contributed by atoms with Gasteiger partial charge in [-0.3, -0.25) is 0 Å². The van der Waals surface area contributed by atoms with E-state index in [0.717, 1.165) is 11.6 Å². The van der Waals surface area contributed by atoms with Crippen LogP contribution in [0.3, 0.4) is 0 Å². The van der Waals surface area contributed by atoms with Gasteiger partial charge in [-0.15, -0.1) is 0 Å². The largest absolute Gasteiger partial charge is 0.465 e. The summed E-state index contributed by atoms with van der Waals surface area (Å²) in [5.41, 5.74) is 2.64. The zero-order valence-corrected chi connectivity index (χ0v) is 17.3. The summed E-state index contributed by atoms with van der Waals surface area (Å²) >= 11 is 0. The lowest BCUT2D eigenvalue weighted by Gasteiger charge is -2.11. The molecular formula is C24H18F2N2O4. The average Bonchev–Trinajstić information content (AvgIpc) is 3.30. The molecule has 32 heavy (non-hydrogen) atoms. The predicted octanol–water partition coefficient (Wildman–Crippen LogP) is 5.28. The van der Waals surface area contributed by atoms with Gasteiger partial charge in [-0.05, 0) is 47.5 Å². The Morgan fingerprint density at radius 1 is 0.938 bits per heavy atom. The first-order chi connectivity index (χ1) is 15.5. The second-order valence-corrected chi connectivity index (χ2v) is 6.89. The van der Waals surface area contributed by atoms with Gasteiger partial charge in [0.2, 0.25) is 5.82 Å². The quantitative estimate of drug-likeness (QED) is 0.383. The standard InChI is InChI=1S/C24H18F2N2O4/c1-30-13-16-11-15(8-9-17(16)18-5-3-4-6-20(18)25)23-27-22(28-32-23)14-7-10-19(21(26)12-14)24(29)31-2/h3-12H,13H2,1-2H3. The Morgan fingerprint density at radius 3 is 2.44 bits per heavy atom. The molecular weight excluding hydrogens is 418 g/mol. The van der Waals surface area contributed by atoms with Gasteiger partial charge in [0.25, 0.3) is 5.89 Å². The van der Waals surface area contributed by atoms with Crippen LogP contribution in [0, 0.1) is 11.6 Å². The predicted molar refractivity (Wildman–Crippen MR) is 113 cm³/mol. The van der Waals surface area contributed by atoms with Crippen molar-refractivity contribution >= 4 is 5.97 Å². The second kappa shape index (κ2) is 9.07. The van der Waals surface area contributed by atoms with Crippen molar-refractivity contribution < 1.29 is 27.6 Å². The molecule has 0 bridgehead atoms. The Labute approximate surface area is 182 Å². The molecule has 0 saturated heterocycles. The van der Waals surface area contributed by atoms with E-state index in [1.165, 1.54) is 25.3 Å². The zero-order chi connectivity index (χ0) is 22.7. The SMILES string of the molecule is COCc1cc(-c2nc(-c3ccc(C(=O)OC)c(F)c3)no2)ccc1-c1ccccc1F. The maximum absolute atomic E-state index is 14.3. The summed E-state index contributed by atoms with van der Waals surface area (Å²) in [7, 11) is 2.73. The van der Waals surface area contributed by atoms with Crippen molar-refractivity contribution in [1.29, 1.82) is 0 Å². The number of carbonyl (C=O) groups excluding carboxylic acids is 1. The van der Waals surface area contributed by atoms with Gasteiger partial charge in [0.15, 0.2) is 0 Å². The molecule has 0 unspecified atom stereocenters. The van der Waals surface area contributed by atoms with E-state index in [2.05, 4.69) is 14.9 Å². The lowest BCUT2D eigenvalue weighted by molar-refractivity contribution is 0.0595. The van der Waals surface area contributed by atoms with E-state index in [-0.39, 0.29) is 29.7 Å². The minimum atomic E-state index is -0.775. The van der Waals surface area contributed by atoms with Crippen molar-refractivity contribution in [2.75, 3.05) is 14.2 Å². The zero-order valence-electron chi connectivity index (χ0n) is 17.3. The summed E-state index contributed by atoms with van der Waals surface area (Å²) in [6, 6.07) is 15.7. The van der Waals surface area contributed by atoms with E-state index in [9.17, 15) is 13.6 Å². The monoisotopic (exact) mass is 436 g/mol. The van der Waals surface area contributed by atoms with Gasteiger partial charge in [-0.2, -0.15) is 4.98 Å². The number of benzene rings is 3. The summed E-state index contributed by atoms with van der Waals surface area (Å²) in [4.78, 5) is 15.9. The van der Waals surface area contributed by atoms with Crippen LogP contribution in [0.5, 0.6) is 0 Å². The summed E-state index contributed by atoms with van der Waals surface area (Å²) in [5.74, 6) is -1.51. The Bertz CT molecular complexity index is 1290. The van der Waals surface area contributed by atoms with Crippen molar-refractivity contribution in [3.05, 3.63) is 83.4 Å². The van der Waals surface area contributed by atoms with Crippen LogP contribution in [0.15, 0.2) is 65.2 Å². The lowest BCUT2D eigenvalue weighted by atomic mass is 9.97. The van der Waals surface area contributed by atoms with Crippen molar-refractivity contribution in [3.8, 4) is 34.0 Å². The van der Waals surface area contributed by atoms with Gasteiger partial charge < -0.3 is 14.0 Å². The lowest BCUT2D eigenvalue weighted by Crippen LogP contribution is -2.04. The van der Waals surface area contributed by atoms with Gasteiger partial charge in [-0.1, -0.05) is 29.4 Å². The number of halogens is 2. The third-order valence-corrected chi connectivity index (χ3v) is 4.87. The number of methoxy groups -OCH3 is 2. The molecule has 0 spiro atoms. The van der Waals surface area contributed by atoms with Crippen LogP contribution >= 0.6 is 0 Å². The van der Waals surface area contributed by atoms with E-state index < -0.39 is 11.8 Å². The molecule has 0 aliphatic heterocycles. The Kier molecular flexibility index (Phi) is 6.04. The van der Waals surface area contributed by atoms with Crippen LogP contribution in [0.1, 0.15) is 15.9 Å². The fourth-order valence-corrected chi connectivity index (χ4v) is 3.33. The molecule has 0 aliphatic rings. The van der Waals surface area contributed by atoms with Crippen molar-refractivity contribution in [1.82, 2.24) is 10.1 Å².